The molecule has 0 aromatic heterocycles. The van der Waals surface area contributed by atoms with Gasteiger partial charge in [0, 0.05) is 32.1 Å². The Bertz CT molecular complexity index is 575. The van der Waals surface area contributed by atoms with Gasteiger partial charge in [-0.2, -0.15) is 0 Å². The van der Waals surface area contributed by atoms with Crippen molar-refractivity contribution < 1.29 is 14.3 Å². The zero-order valence-corrected chi connectivity index (χ0v) is 13.7. The molecule has 124 valence electrons. The maximum absolute atomic E-state index is 12.3. The number of hydrogen-bond acceptors (Lipinski definition) is 4. The van der Waals surface area contributed by atoms with Gasteiger partial charge < -0.3 is 14.5 Å². The highest BCUT2D eigenvalue weighted by atomic mass is 16.5. The van der Waals surface area contributed by atoms with Crippen LogP contribution >= 0.6 is 0 Å². The van der Waals surface area contributed by atoms with E-state index in [0.717, 1.165) is 44.7 Å². The van der Waals surface area contributed by atoms with Crippen LogP contribution in [0.1, 0.15) is 36.5 Å². The topological polar surface area (TPSA) is 49.9 Å². The van der Waals surface area contributed by atoms with Gasteiger partial charge >= 0.3 is 5.97 Å². The maximum Gasteiger partial charge on any atom is 0.340 e. The summed E-state index contributed by atoms with van der Waals surface area (Å²) in [7, 11) is 0. The van der Waals surface area contributed by atoms with E-state index in [1.165, 1.54) is 6.42 Å². The smallest absolute Gasteiger partial charge is 0.340 e. The average molecular weight is 316 g/mol. The Balaban J connectivity index is 1.65. The average Bonchev–Trinajstić information content (AvgIpc) is 2.53. The monoisotopic (exact) mass is 316 g/mol. The fourth-order valence-electron chi connectivity index (χ4n) is 3.21. The van der Waals surface area contributed by atoms with E-state index in [9.17, 15) is 9.59 Å². The summed E-state index contributed by atoms with van der Waals surface area (Å²) < 4.78 is 5.14. The number of para-hydroxylation sites is 1. The third-order valence-electron chi connectivity index (χ3n) is 4.79. The number of piperazine rings is 1. The van der Waals surface area contributed by atoms with Crippen LogP contribution in [0.4, 0.5) is 5.69 Å². The number of carbonyl (C=O) groups excluding carboxylic acids is 2. The zero-order valence-electron chi connectivity index (χ0n) is 13.7. The van der Waals surface area contributed by atoms with Gasteiger partial charge in [0.15, 0.2) is 0 Å². The standard InChI is InChI=1S/C18H24N2O3/c1-2-23-18(22)15-8-3-4-9-16(15)19-10-12-20(13-11-19)17(21)14-6-5-7-14/h3-4,8-9,14H,2,5-7,10-13H2,1H3. The van der Waals surface area contributed by atoms with E-state index in [2.05, 4.69) is 4.90 Å². The van der Waals surface area contributed by atoms with Crippen molar-refractivity contribution in [3.05, 3.63) is 29.8 Å². The first kappa shape index (κ1) is 15.8. The Morgan fingerprint density at radius 1 is 1.13 bits per heavy atom. The molecule has 0 N–H and O–H groups in total. The first-order valence-corrected chi connectivity index (χ1v) is 8.50. The van der Waals surface area contributed by atoms with Crippen LogP contribution in [0.25, 0.3) is 0 Å². The maximum atomic E-state index is 12.3. The molecule has 0 spiro atoms. The molecule has 5 nitrogen and oxygen atoms in total. The molecule has 23 heavy (non-hydrogen) atoms. The van der Waals surface area contributed by atoms with E-state index in [1.807, 2.05) is 30.0 Å². The van der Waals surface area contributed by atoms with Crippen molar-refractivity contribution in [2.45, 2.75) is 26.2 Å². The lowest BCUT2D eigenvalue weighted by molar-refractivity contribution is -0.138. The second kappa shape index (κ2) is 7.02. The molecule has 0 atom stereocenters. The number of anilines is 1. The number of hydrogen-bond donors (Lipinski definition) is 0. The minimum atomic E-state index is -0.281. The third kappa shape index (κ3) is 3.33. The molecule has 2 fully saturated rings. The largest absolute Gasteiger partial charge is 0.462 e. The lowest BCUT2D eigenvalue weighted by Gasteiger charge is -2.39. The molecule has 1 aromatic rings. The number of esters is 1. The van der Waals surface area contributed by atoms with Gasteiger partial charge in [-0.25, -0.2) is 4.79 Å². The number of amides is 1. The van der Waals surface area contributed by atoms with Crippen molar-refractivity contribution in [2.75, 3.05) is 37.7 Å². The molecule has 0 radical (unpaired) electrons. The first-order chi connectivity index (χ1) is 11.2. The lowest BCUT2D eigenvalue weighted by atomic mass is 9.84. The molecule has 1 heterocycles. The molecular formula is C18H24N2O3. The fourth-order valence-corrected chi connectivity index (χ4v) is 3.21. The first-order valence-electron chi connectivity index (χ1n) is 8.50. The van der Waals surface area contributed by atoms with Crippen LogP contribution in [0.3, 0.4) is 0 Å². The van der Waals surface area contributed by atoms with Gasteiger partial charge in [-0.15, -0.1) is 0 Å². The van der Waals surface area contributed by atoms with Gasteiger partial charge in [-0.3, -0.25) is 4.79 Å². The summed E-state index contributed by atoms with van der Waals surface area (Å²) in [5, 5.41) is 0. The van der Waals surface area contributed by atoms with E-state index < -0.39 is 0 Å². The van der Waals surface area contributed by atoms with E-state index in [-0.39, 0.29) is 11.9 Å². The van der Waals surface area contributed by atoms with Crippen LogP contribution in [-0.4, -0.2) is 49.6 Å². The zero-order chi connectivity index (χ0) is 16.2. The quantitative estimate of drug-likeness (QED) is 0.800. The van der Waals surface area contributed by atoms with Crippen molar-refractivity contribution >= 4 is 17.6 Å². The third-order valence-corrected chi connectivity index (χ3v) is 4.79. The summed E-state index contributed by atoms with van der Waals surface area (Å²) in [5.41, 5.74) is 1.51. The number of carbonyl (C=O) groups is 2. The molecule has 1 saturated heterocycles. The summed E-state index contributed by atoms with van der Waals surface area (Å²) in [6.45, 7) is 5.16. The van der Waals surface area contributed by atoms with E-state index in [4.69, 9.17) is 4.74 Å². The van der Waals surface area contributed by atoms with Gasteiger partial charge in [0.05, 0.1) is 17.9 Å². The summed E-state index contributed by atoms with van der Waals surface area (Å²) >= 11 is 0. The predicted octanol–water partition coefficient (Wildman–Crippen LogP) is 2.31. The number of nitrogens with zero attached hydrogens (tertiary/aromatic N) is 2. The van der Waals surface area contributed by atoms with Crippen LogP contribution in [0.5, 0.6) is 0 Å². The van der Waals surface area contributed by atoms with E-state index in [1.54, 1.807) is 6.07 Å². The number of benzene rings is 1. The lowest BCUT2D eigenvalue weighted by Crippen LogP contribution is -2.51. The molecular weight excluding hydrogens is 292 g/mol. The highest BCUT2D eigenvalue weighted by Crippen LogP contribution is 2.29. The van der Waals surface area contributed by atoms with Gasteiger partial charge in [0.25, 0.3) is 0 Å². The Morgan fingerprint density at radius 3 is 2.43 bits per heavy atom. The summed E-state index contributed by atoms with van der Waals surface area (Å²) in [6, 6.07) is 7.55. The van der Waals surface area contributed by atoms with Gasteiger partial charge in [0.2, 0.25) is 5.91 Å². The SMILES string of the molecule is CCOC(=O)c1ccccc1N1CCN(C(=O)C2CCC2)CC1. The normalized spacial score (nSPS) is 18.5. The summed E-state index contributed by atoms with van der Waals surface area (Å²) in [6.07, 6.45) is 3.28. The number of rotatable bonds is 4. The molecule has 5 heteroatoms. The highest BCUT2D eigenvalue weighted by Gasteiger charge is 2.31. The summed E-state index contributed by atoms with van der Waals surface area (Å²) in [4.78, 5) is 28.6. The van der Waals surface area contributed by atoms with Crippen molar-refractivity contribution in [2.24, 2.45) is 5.92 Å². The van der Waals surface area contributed by atoms with E-state index in [0.29, 0.717) is 18.1 Å². The second-order valence-corrected chi connectivity index (χ2v) is 6.18. The summed E-state index contributed by atoms with van der Waals surface area (Å²) in [5.74, 6) is 0.291. The van der Waals surface area contributed by atoms with Crippen LogP contribution in [-0.2, 0) is 9.53 Å². The van der Waals surface area contributed by atoms with Gasteiger partial charge in [0.1, 0.15) is 0 Å². The van der Waals surface area contributed by atoms with Crippen LogP contribution in [0, 0.1) is 5.92 Å². The number of ether oxygens (including phenoxy) is 1. The molecule has 0 unspecified atom stereocenters. The molecule has 1 amide bonds. The Labute approximate surface area is 137 Å². The molecule has 1 saturated carbocycles. The van der Waals surface area contributed by atoms with Gasteiger partial charge in [-0.1, -0.05) is 18.6 Å². The van der Waals surface area contributed by atoms with Crippen LogP contribution < -0.4 is 4.90 Å². The van der Waals surface area contributed by atoms with E-state index >= 15 is 0 Å². The predicted molar refractivity (Wildman–Crippen MR) is 88.5 cm³/mol. The van der Waals surface area contributed by atoms with Crippen LogP contribution in [0.15, 0.2) is 24.3 Å². The molecule has 0 bridgehead atoms. The van der Waals surface area contributed by atoms with Crippen molar-refractivity contribution in [1.82, 2.24) is 4.90 Å². The molecule has 3 rings (SSSR count). The van der Waals surface area contributed by atoms with Crippen LogP contribution in [0.2, 0.25) is 0 Å². The Hall–Kier alpha value is -2.04. The Kier molecular flexibility index (Phi) is 4.84. The molecule has 1 aromatic carbocycles. The minimum Gasteiger partial charge on any atom is -0.462 e. The van der Waals surface area contributed by atoms with Gasteiger partial charge in [-0.05, 0) is 31.9 Å². The highest BCUT2D eigenvalue weighted by molar-refractivity contribution is 5.96. The van der Waals surface area contributed by atoms with Crippen molar-refractivity contribution in [3.63, 3.8) is 0 Å². The molecule has 1 aliphatic carbocycles. The Morgan fingerprint density at radius 2 is 1.83 bits per heavy atom. The molecule has 1 aliphatic heterocycles. The fraction of sp³-hybridized carbons (Fsp3) is 0.556. The molecule has 2 aliphatic rings. The van der Waals surface area contributed by atoms with Crippen molar-refractivity contribution in [1.29, 1.82) is 0 Å². The van der Waals surface area contributed by atoms with Crippen molar-refractivity contribution in [3.8, 4) is 0 Å². The minimum absolute atomic E-state index is 0.258. The second-order valence-electron chi connectivity index (χ2n) is 6.18.